The molecule has 0 amide bonds. The molecule has 0 aliphatic carbocycles. The van der Waals surface area contributed by atoms with Crippen LogP contribution in [-0.2, 0) is 24.4 Å². The Morgan fingerprint density at radius 2 is 1.38 bits per heavy atom. The van der Waals surface area contributed by atoms with E-state index in [-0.39, 0.29) is 4.01 Å². The zero-order valence-electron chi connectivity index (χ0n) is 14.0. The summed E-state index contributed by atoms with van der Waals surface area (Å²) in [7, 11) is 0. The van der Waals surface area contributed by atoms with Crippen molar-refractivity contribution in [2.24, 2.45) is 0 Å². The molecule has 1 aromatic heterocycles. The third-order valence-corrected chi connectivity index (χ3v) is 4.89. The fraction of sp³-hybridized carbons (Fsp3) is 0.438. The third kappa shape index (κ3) is 3.53. The number of imidazole rings is 1. The molecule has 0 unspecified atom stereocenters. The maximum absolute atomic E-state index is 12.9. The second kappa shape index (κ2) is 6.64. The van der Waals surface area contributed by atoms with Crippen LogP contribution in [0.15, 0.2) is 24.5 Å². The molecule has 0 aliphatic rings. The molecule has 0 spiro atoms. The van der Waals surface area contributed by atoms with Crippen molar-refractivity contribution in [3.63, 3.8) is 0 Å². The third-order valence-electron chi connectivity index (χ3n) is 4.02. The maximum atomic E-state index is 12.9. The van der Waals surface area contributed by atoms with Gasteiger partial charge in [0, 0.05) is 0 Å². The monoisotopic (exact) mass is 469 g/mol. The second-order valence-corrected chi connectivity index (χ2v) is 6.88. The van der Waals surface area contributed by atoms with Crippen LogP contribution in [0, 0.1) is 24.8 Å². The van der Waals surface area contributed by atoms with Gasteiger partial charge in [0.15, 0.2) is 0 Å². The molecule has 10 heteroatoms. The van der Waals surface area contributed by atoms with Crippen LogP contribution in [0.4, 0.5) is 26.3 Å². The minimum atomic E-state index is -5.87. The number of benzene rings is 1. The van der Waals surface area contributed by atoms with Crippen LogP contribution in [0.25, 0.3) is 5.69 Å². The molecule has 3 nitrogen and oxygen atoms in total. The van der Waals surface area contributed by atoms with Gasteiger partial charge < -0.3 is 0 Å². The second-order valence-electron chi connectivity index (χ2n) is 6.15. The van der Waals surface area contributed by atoms with Gasteiger partial charge in [-0.2, -0.15) is 0 Å². The number of aryl methyl sites for hydroxylation is 3. The minimum absolute atomic E-state index is 0.0215. The van der Waals surface area contributed by atoms with Gasteiger partial charge in [0.25, 0.3) is 0 Å². The summed E-state index contributed by atoms with van der Waals surface area (Å²) in [4.78, 5) is 0. The van der Waals surface area contributed by atoms with Crippen LogP contribution >= 0.6 is 0 Å². The molecule has 1 N–H and O–H groups in total. The number of hydrogen-bond donors (Lipinski definition) is 1. The molecule has 1 heterocycles. The molecule has 26 heavy (non-hydrogen) atoms. The Balaban J connectivity index is 2.56. The number of aromatic nitrogens is 2. The molecule has 0 fully saturated rings. The van der Waals surface area contributed by atoms with E-state index in [4.69, 9.17) is 0 Å². The normalized spacial score (nSPS) is 13.3. The molecule has 2 aromatic rings. The summed E-state index contributed by atoms with van der Waals surface area (Å²) in [5, 5.41) is 9.40. The first-order valence-electron chi connectivity index (χ1n) is 7.37. The van der Waals surface area contributed by atoms with E-state index in [0.717, 1.165) is 22.9 Å². The van der Waals surface area contributed by atoms with Crippen LogP contribution in [0.2, 0.25) is 0 Å². The van der Waals surface area contributed by atoms with Gasteiger partial charge >= 0.3 is 155 Å². The van der Waals surface area contributed by atoms with Crippen LogP contribution < -0.4 is 0 Å². The summed E-state index contributed by atoms with van der Waals surface area (Å²) in [5.41, 5.74) is -1.60. The Bertz CT molecular complexity index is 841. The molecular weight excluding hydrogens is 453 g/mol. The van der Waals surface area contributed by atoms with Crippen molar-refractivity contribution in [2.75, 3.05) is 0 Å². The Morgan fingerprint density at radius 3 is 1.81 bits per heavy atom. The van der Waals surface area contributed by atoms with Crippen molar-refractivity contribution < 1.29 is 49.3 Å². The molecule has 0 radical (unpaired) electrons. The van der Waals surface area contributed by atoms with Gasteiger partial charge in [0.05, 0.1) is 0 Å². The van der Waals surface area contributed by atoms with Crippen LogP contribution in [-0.4, -0.2) is 32.2 Å². The molecule has 0 bridgehead atoms. The molecule has 0 aliphatic heterocycles. The van der Waals surface area contributed by atoms with E-state index in [1.165, 1.54) is 10.8 Å². The zero-order valence-corrected chi connectivity index (χ0v) is 15.6. The standard InChI is InChI=1S/C16H16F6N2O.Rh/c1-10-6-11(2)13(12(3)7-10)24-5-4-23(9-24)8-14(25,15(17,18)19)16(20,21)22;/h4-7,25H,8H2,1-3H3;. The molecule has 0 atom stereocenters. The van der Waals surface area contributed by atoms with E-state index in [1.807, 2.05) is 19.1 Å². The van der Waals surface area contributed by atoms with Crippen LogP contribution in [0.1, 0.15) is 16.7 Å². The molecule has 0 saturated heterocycles. The van der Waals surface area contributed by atoms with Crippen LogP contribution in [0.5, 0.6) is 0 Å². The molecular formula is C16H16F6N2ORh. The molecule has 2 rings (SSSR count). The quantitative estimate of drug-likeness (QED) is 0.532. The van der Waals surface area contributed by atoms with E-state index >= 15 is 0 Å². The number of alkyl halides is 6. The Kier molecular flexibility index (Phi) is 5.34. The van der Waals surface area contributed by atoms with Crippen LogP contribution in [0.3, 0.4) is 0 Å². The fourth-order valence-electron chi connectivity index (χ4n) is 2.82. The first kappa shape index (κ1) is 20.9. The molecule has 0 saturated carbocycles. The Labute approximate surface area is 155 Å². The van der Waals surface area contributed by atoms with E-state index in [0.29, 0.717) is 10.3 Å². The number of aliphatic hydroxyl groups is 1. The van der Waals surface area contributed by atoms with Crippen molar-refractivity contribution in [3.8, 4) is 5.69 Å². The predicted molar refractivity (Wildman–Crippen MR) is 78.3 cm³/mol. The van der Waals surface area contributed by atoms with E-state index < -0.39 is 24.5 Å². The van der Waals surface area contributed by atoms with Gasteiger partial charge in [-0.25, -0.2) is 0 Å². The summed E-state index contributed by atoms with van der Waals surface area (Å²) in [6.45, 7) is 3.76. The number of rotatable bonds is 3. The predicted octanol–water partition coefficient (Wildman–Crippen LogP) is 4.14. The van der Waals surface area contributed by atoms with Gasteiger partial charge in [-0.05, 0) is 0 Å². The van der Waals surface area contributed by atoms with E-state index in [1.54, 1.807) is 13.8 Å². The van der Waals surface area contributed by atoms with Crippen molar-refractivity contribution in [3.05, 3.63) is 45.2 Å². The van der Waals surface area contributed by atoms with Gasteiger partial charge in [-0.15, -0.1) is 0 Å². The van der Waals surface area contributed by atoms with Gasteiger partial charge in [0.2, 0.25) is 0 Å². The summed E-state index contributed by atoms with van der Waals surface area (Å²) < 4.78 is 79.7. The van der Waals surface area contributed by atoms with E-state index in [2.05, 4.69) is 17.9 Å². The molecule has 1 aromatic carbocycles. The van der Waals surface area contributed by atoms with Crippen molar-refractivity contribution >= 4 is 0 Å². The first-order valence-corrected chi connectivity index (χ1v) is 8.19. The van der Waals surface area contributed by atoms with Crippen molar-refractivity contribution in [1.29, 1.82) is 0 Å². The summed E-state index contributed by atoms with van der Waals surface area (Å²) >= 11 is 2.36. The van der Waals surface area contributed by atoms with Gasteiger partial charge in [-0.3, -0.25) is 0 Å². The van der Waals surface area contributed by atoms with E-state index in [9.17, 15) is 31.4 Å². The summed E-state index contributed by atoms with van der Waals surface area (Å²) in [6.07, 6.45) is -9.32. The number of nitrogens with zero attached hydrogens (tertiary/aromatic N) is 2. The average molecular weight is 469 g/mol. The average Bonchev–Trinajstić information content (AvgIpc) is 2.77. The summed E-state index contributed by atoms with van der Waals surface area (Å²) in [5.74, 6) is 0. The van der Waals surface area contributed by atoms with Gasteiger partial charge in [-0.1, -0.05) is 0 Å². The zero-order chi connectivity index (χ0) is 20.1. The summed E-state index contributed by atoms with van der Waals surface area (Å²) in [6, 6.07) is 3.71. The Morgan fingerprint density at radius 1 is 0.923 bits per heavy atom. The number of hydrogen-bond acceptors (Lipinski definition) is 1. The topological polar surface area (TPSA) is 30.1 Å². The number of halogens is 6. The Hall–Kier alpha value is -1.41. The van der Waals surface area contributed by atoms with Crippen molar-refractivity contribution in [2.45, 2.75) is 45.3 Å². The van der Waals surface area contributed by atoms with Gasteiger partial charge in [0.1, 0.15) is 0 Å². The SMILES string of the molecule is Cc1cc(C)c(-n2ccn(CC(O)(C(F)(F)F)C(F)(F)F)[c]2=[Rh])c(C)c1. The first-order chi connectivity index (χ1) is 11.7. The molecule has 147 valence electrons. The fourth-order valence-corrected chi connectivity index (χ4v) is 3.37. The van der Waals surface area contributed by atoms with Crippen molar-refractivity contribution in [1.82, 2.24) is 9.13 Å².